The lowest BCUT2D eigenvalue weighted by atomic mass is 9.94. The van der Waals surface area contributed by atoms with Crippen molar-refractivity contribution in [1.29, 1.82) is 0 Å². The van der Waals surface area contributed by atoms with Gasteiger partial charge in [-0.1, -0.05) is 52.4 Å². The lowest BCUT2D eigenvalue weighted by Crippen LogP contribution is -2.12. The molecule has 0 N–H and O–H groups in total. The molecule has 2 rings (SSSR count). The Morgan fingerprint density at radius 1 is 0.895 bits per heavy atom. The van der Waals surface area contributed by atoms with E-state index in [1.165, 1.54) is 69.3 Å². The van der Waals surface area contributed by atoms with Gasteiger partial charge in [0, 0.05) is 11.5 Å². The van der Waals surface area contributed by atoms with E-state index < -0.39 is 0 Å². The number of hydrogen-bond donors (Lipinski definition) is 0. The van der Waals surface area contributed by atoms with Gasteiger partial charge in [-0.2, -0.15) is 0 Å². The van der Waals surface area contributed by atoms with Crippen LogP contribution in [0.15, 0.2) is 9.81 Å². The molecule has 0 spiro atoms. The van der Waals surface area contributed by atoms with E-state index in [9.17, 15) is 0 Å². The van der Waals surface area contributed by atoms with Gasteiger partial charge in [-0.25, -0.2) is 0 Å². The minimum absolute atomic E-state index is 0.824. The summed E-state index contributed by atoms with van der Waals surface area (Å²) in [7, 11) is 0. The molecule has 2 atom stereocenters. The maximum absolute atomic E-state index is 2.48. The summed E-state index contributed by atoms with van der Waals surface area (Å²) in [5.74, 6) is 4.40. The van der Waals surface area contributed by atoms with E-state index in [0.29, 0.717) is 0 Å². The molecule has 110 valence electrons. The third-order valence-electron chi connectivity index (χ3n) is 4.49. The molecule has 1 aliphatic carbocycles. The average molecular weight is 299 g/mol. The van der Waals surface area contributed by atoms with Gasteiger partial charge in [0.05, 0.1) is 0 Å². The van der Waals surface area contributed by atoms with Crippen molar-refractivity contribution in [3.05, 3.63) is 9.81 Å². The van der Waals surface area contributed by atoms with Crippen LogP contribution in [0, 0.1) is 11.8 Å². The molecule has 0 nitrogen and oxygen atoms in total. The lowest BCUT2D eigenvalue weighted by molar-refractivity contribution is 0.487. The van der Waals surface area contributed by atoms with E-state index in [1.54, 1.807) is 4.91 Å². The highest BCUT2D eigenvalue weighted by Crippen LogP contribution is 2.46. The summed E-state index contributed by atoms with van der Waals surface area (Å²) in [5.41, 5.74) is 0. The third-order valence-corrected chi connectivity index (χ3v) is 7.49. The highest BCUT2D eigenvalue weighted by atomic mass is 32.2. The van der Waals surface area contributed by atoms with Gasteiger partial charge in [-0.15, -0.1) is 23.5 Å². The molecule has 1 aliphatic heterocycles. The molecule has 1 heterocycles. The second kappa shape index (κ2) is 8.67. The van der Waals surface area contributed by atoms with E-state index in [1.807, 2.05) is 4.91 Å². The molecule has 2 unspecified atom stereocenters. The molecule has 0 saturated heterocycles. The SMILES string of the molecule is CCCC1CCCCCCCC(C)C2=C1SCCS2. The molecule has 0 radical (unpaired) electrons. The van der Waals surface area contributed by atoms with E-state index in [4.69, 9.17) is 0 Å². The van der Waals surface area contributed by atoms with Crippen LogP contribution in [0.4, 0.5) is 0 Å². The van der Waals surface area contributed by atoms with Gasteiger partial charge in [0.15, 0.2) is 0 Å². The van der Waals surface area contributed by atoms with Crippen LogP contribution in [-0.4, -0.2) is 11.5 Å². The van der Waals surface area contributed by atoms with Gasteiger partial charge in [0.2, 0.25) is 0 Å². The van der Waals surface area contributed by atoms with E-state index in [2.05, 4.69) is 37.4 Å². The van der Waals surface area contributed by atoms with Crippen LogP contribution in [0.25, 0.3) is 0 Å². The Labute approximate surface area is 128 Å². The van der Waals surface area contributed by atoms with Crippen molar-refractivity contribution in [2.24, 2.45) is 11.8 Å². The minimum atomic E-state index is 0.824. The van der Waals surface area contributed by atoms with Crippen LogP contribution < -0.4 is 0 Å². The first-order chi connectivity index (χ1) is 9.33. The molecule has 19 heavy (non-hydrogen) atoms. The summed E-state index contributed by atoms with van der Waals surface area (Å²) < 4.78 is 0. The van der Waals surface area contributed by atoms with Crippen LogP contribution in [0.3, 0.4) is 0 Å². The maximum atomic E-state index is 2.48. The van der Waals surface area contributed by atoms with Gasteiger partial charge < -0.3 is 0 Å². The zero-order chi connectivity index (χ0) is 13.5. The molecule has 0 bridgehead atoms. The normalized spacial score (nSPS) is 30.6. The summed E-state index contributed by atoms with van der Waals surface area (Å²) in [6.45, 7) is 4.84. The Morgan fingerprint density at radius 3 is 2.26 bits per heavy atom. The van der Waals surface area contributed by atoms with Crippen molar-refractivity contribution in [2.45, 2.75) is 71.6 Å². The average Bonchev–Trinajstić information content (AvgIpc) is 2.47. The molecule has 0 saturated carbocycles. The summed E-state index contributed by atoms with van der Waals surface area (Å²) >= 11 is 4.39. The van der Waals surface area contributed by atoms with Crippen molar-refractivity contribution >= 4 is 23.5 Å². The maximum Gasteiger partial charge on any atom is 0.00716 e. The molecule has 0 aromatic carbocycles. The van der Waals surface area contributed by atoms with Crippen molar-refractivity contribution < 1.29 is 0 Å². The highest BCUT2D eigenvalue weighted by Gasteiger charge is 2.25. The first kappa shape index (κ1) is 15.8. The van der Waals surface area contributed by atoms with E-state index in [-0.39, 0.29) is 0 Å². The number of thioether (sulfide) groups is 2. The van der Waals surface area contributed by atoms with Gasteiger partial charge in [0.25, 0.3) is 0 Å². The fraction of sp³-hybridized carbons (Fsp3) is 0.882. The fourth-order valence-electron chi connectivity index (χ4n) is 3.41. The molecular weight excluding hydrogens is 268 g/mol. The largest absolute Gasteiger partial charge is 0.129 e. The molecule has 2 aliphatic rings. The minimum Gasteiger partial charge on any atom is -0.129 e. The van der Waals surface area contributed by atoms with Gasteiger partial charge in [0.1, 0.15) is 0 Å². The number of hydrogen-bond acceptors (Lipinski definition) is 2. The van der Waals surface area contributed by atoms with Crippen LogP contribution in [0.5, 0.6) is 0 Å². The van der Waals surface area contributed by atoms with Gasteiger partial charge in [-0.3, -0.25) is 0 Å². The first-order valence-electron chi connectivity index (χ1n) is 8.32. The molecular formula is C17H30S2. The first-order valence-corrected chi connectivity index (χ1v) is 10.3. The summed E-state index contributed by atoms with van der Waals surface area (Å²) in [5, 5.41) is 0. The van der Waals surface area contributed by atoms with Crippen LogP contribution in [0.1, 0.15) is 71.6 Å². The van der Waals surface area contributed by atoms with Crippen LogP contribution >= 0.6 is 23.5 Å². The Balaban J connectivity index is 2.18. The fourth-order valence-corrected chi connectivity index (χ4v) is 6.39. The molecule has 0 amide bonds. The number of rotatable bonds is 2. The highest BCUT2D eigenvalue weighted by molar-refractivity contribution is 8.10. The van der Waals surface area contributed by atoms with Gasteiger partial charge >= 0.3 is 0 Å². The Hall–Kier alpha value is 0.440. The predicted octanol–water partition coefficient (Wildman–Crippen LogP) is 6.47. The molecule has 0 aromatic rings. The topological polar surface area (TPSA) is 0 Å². The number of allylic oxidation sites excluding steroid dienone is 2. The van der Waals surface area contributed by atoms with Crippen molar-refractivity contribution in [3.8, 4) is 0 Å². The Morgan fingerprint density at radius 2 is 1.53 bits per heavy atom. The van der Waals surface area contributed by atoms with Crippen molar-refractivity contribution in [1.82, 2.24) is 0 Å². The standard InChI is InChI=1S/C17H30S2/c1-3-9-15-11-8-6-4-5-7-10-14(2)16-17(15)19-13-12-18-16/h14-15H,3-13H2,1-2H3. The monoisotopic (exact) mass is 298 g/mol. The van der Waals surface area contributed by atoms with E-state index in [0.717, 1.165) is 11.8 Å². The Kier molecular flexibility index (Phi) is 7.22. The zero-order valence-electron chi connectivity index (χ0n) is 12.7. The summed E-state index contributed by atoms with van der Waals surface area (Å²) in [4.78, 5) is 3.60. The predicted molar refractivity (Wildman–Crippen MR) is 91.8 cm³/mol. The van der Waals surface area contributed by atoms with E-state index >= 15 is 0 Å². The molecule has 0 fully saturated rings. The molecule has 2 heteroatoms. The lowest BCUT2D eigenvalue weighted by Gasteiger charge is -2.29. The summed E-state index contributed by atoms with van der Waals surface area (Å²) in [6, 6.07) is 0. The second-order valence-electron chi connectivity index (χ2n) is 6.16. The van der Waals surface area contributed by atoms with Crippen molar-refractivity contribution in [2.75, 3.05) is 11.5 Å². The molecule has 0 aromatic heterocycles. The third kappa shape index (κ3) is 4.74. The quantitative estimate of drug-likeness (QED) is 0.572. The smallest absolute Gasteiger partial charge is 0.00716 e. The van der Waals surface area contributed by atoms with Crippen LogP contribution in [-0.2, 0) is 0 Å². The van der Waals surface area contributed by atoms with Crippen LogP contribution in [0.2, 0.25) is 0 Å². The summed E-state index contributed by atoms with van der Waals surface area (Å²) in [6.07, 6.45) is 12.9. The van der Waals surface area contributed by atoms with Crippen molar-refractivity contribution in [3.63, 3.8) is 0 Å². The second-order valence-corrected chi connectivity index (χ2v) is 8.43. The zero-order valence-corrected chi connectivity index (χ0v) is 14.4. The van der Waals surface area contributed by atoms with Gasteiger partial charge in [-0.05, 0) is 40.9 Å². The Bertz CT molecular complexity index is 296.